The first kappa shape index (κ1) is 17.2. The molecule has 2 fully saturated rings. The number of nitrogens with two attached hydrogens (primary N) is 1. The maximum Gasteiger partial charge on any atom is 0.243 e. The number of pyridine rings is 1. The zero-order valence-electron chi connectivity index (χ0n) is 14.7. The smallest absolute Gasteiger partial charge is 0.243 e. The summed E-state index contributed by atoms with van der Waals surface area (Å²) >= 11 is 0. The summed E-state index contributed by atoms with van der Waals surface area (Å²) in [6.07, 6.45) is 8.46. The summed E-state index contributed by atoms with van der Waals surface area (Å²) in [5.41, 5.74) is 8.20. The molecule has 3 heterocycles. The Kier molecular flexibility index (Phi) is 4.32. The summed E-state index contributed by atoms with van der Waals surface area (Å²) in [7, 11) is -3.45. The molecule has 1 aromatic heterocycles. The van der Waals surface area contributed by atoms with Gasteiger partial charge in [0.25, 0.3) is 0 Å². The highest BCUT2D eigenvalue weighted by atomic mass is 32.2. The van der Waals surface area contributed by atoms with Crippen LogP contribution in [0.2, 0.25) is 0 Å². The van der Waals surface area contributed by atoms with Crippen LogP contribution in [-0.4, -0.2) is 29.8 Å². The number of aromatic nitrogens is 1. The largest absolute Gasteiger partial charge is 0.397 e. The Bertz CT molecular complexity index is 921. The van der Waals surface area contributed by atoms with Crippen molar-refractivity contribution in [2.75, 3.05) is 5.73 Å². The maximum atomic E-state index is 13.1. The number of hydrogen-bond acceptors (Lipinski definition) is 4. The molecule has 0 saturated carbocycles. The molecule has 0 amide bonds. The summed E-state index contributed by atoms with van der Waals surface area (Å²) in [5, 5.41) is 0. The Hall–Kier alpha value is -2.18. The number of anilines is 1. The third-order valence-electron chi connectivity index (χ3n) is 5.44. The lowest BCUT2D eigenvalue weighted by molar-refractivity contribution is 0.383. The molecular formula is C20H23N3O2S. The number of aryl methyl sites for hydroxylation is 1. The van der Waals surface area contributed by atoms with Crippen LogP contribution in [0.15, 0.2) is 53.6 Å². The lowest BCUT2D eigenvalue weighted by atomic mass is 9.89. The molecule has 2 bridgehead atoms. The van der Waals surface area contributed by atoms with Crippen LogP contribution in [-0.2, 0) is 10.0 Å². The van der Waals surface area contributed by atoms with E-state index in [1.165, 1.54) is 0 Å². The van der Waals surface area contributed by atoms with Crippen LogP contribution in [0, 0.1) is 12.8 Å². The van der Waals surface area contributed by atoms with Crippen LogP contribution < -0.4 is 5.73 Å². The highest BCUT2D eigenvalue weighted by Crippen LogP contribution is 2.45. The molecular weight excluding hydrogens is 346 g/mol. The van der Waals surface area contributed by atoms with E-state index in [0.717, 1.165) is 30.5 Å². The van der Waals surface area contributed by atoms with Crippen LogP contribution in [0.25, 0.3) is 6.08 Å². The molecule has 0 radical (unpaired) electrons. The van der Waals surface area contributed by atoms with Crippen LogP contribution >= 0.6 is 0 Å². The third-order valence-corrected chi connectivity index (χ3v) is 7.43. The SMILES string of the molecule is Cc1ccc(S(=O)(=O)N2C3CCC2C(C=Cc2ccc(N)cn2)C3)cc1. The highest BCUT2D eigenvalue weighted by Gasteiger charge is 2.51. The van der Waals surface area contributed by atoms with Crippen LogP contribution in [0.1, 0.15) is 30.5 Å². The van der Waals surface area contributed by atoms with Gasteiger partial charge in [-0.15, -0.1) is 0 Å². The van der Waals surface area contributed by atoms with Crippen molar-refractivity contribution in [3.05, 3.63) is 59.9 Å². The van der Waals surface area contributed by atoms with Gasteiger partial charge in [-0.25, -0.2) is 8.42 Å². The summed E-state index contributed by atoms with van der Waals surface area (Å²) in [5.74, 6) is 0.230. The summed E-state index contributed by atoms with van der Waals surface area (Å²) < 4.78 is 28.0. The summed E-state index contributed by atoms with van der Waals surface area (Å²) in [6, 6.07) is 11.0. The van der Waals surface area contributed by atoms with Crippen molar-refractivity contribution >= 4 is 21.8 Å². The Morgan fingerprint density at radius 1 is 1.15 bits per heavy atom. The van der Waals surface area contributed by atoms with E-state index in [0.29, 0.717) is 10.6 Å². The minimum Gasteiger partial charge on any atom is -0.397 e. The van der Waals surface area contributed by atoms with Gasteiger partial charge in [0.05, 0.1) is 22.5 Å². The van der Waals surface area contributed by atoms with E-state index in [4.69, 9.17) is 5.73 Å². The predicted octanol–water partition coefficient (Wildman–Crippen LogP) is 3.23. The standard InChI is InChI=1S/C20H23N3O2S/c1-14-2-9-19(10-3-14)26(24,25)23-18-8-11-20(23)15(12-18)4-6-17-7-5-16(21)13-22-17/h2-7,9-10,13,15,18,20H,8,11-12,21H2,1H3. The topological polar surface area (TPSA) is 76.3 Å². The van der Waals surface area contributed by atoms with Gasteiger partial charge in [0.1, 0.15) is 0 Å². The monoisotopic (exact) mass is 369 g/mol. The zero-order valence-corrected chi connectivity index (χ0v) is 15.6. The normalized spacial score (nSPS) is 26.0. The average molecular weight is 369 g/mol. The molecule has 26 heavy (non-hydrogen) atoms. The summed E-state index contributed by atoms with van der Waals surface area (Å²) in [6.45, 7) is 1.96. The first-order valence-electron chi connectivity index (χ1n) is 8.95. The molecule has 1 aromatic carbocycles. The van der Waals surface area contributed by atoms with Crippen molar-refractivity contribution in [2.24, 2.45) is 5.92 Å². The quantitative estimate of drug-likeness (QED) is 0.898. The minimum absolute atomic E-state index is 0.0383. The van der Waals surface area contributed by atoms with E-state index in [9.17, 15) is 8.42 Å². The fourth-order valence-corrected chi connectivity index (χ4v) is 6.06. The first-order valence-corrected chi connectivity index (χ1v) is 10.4. The second kappa shape index (κ2) is 6.52. The van der Waals surface area contributed by atoms with Crippen LogP contribution in [0.5, 0.6) is 0 Å². The number of rotatable bonds is 4. The Morgan fingerprint density at radius 3 is 2.62 bits per heavy atom. The Morgan fingerprint density at radius 2 is 1.92 bits per heavy atom. The second-order valence-electron chi connectivity index (χ2n) is 7.22. The molecule has 2 N–H and O–H groups in total. The molecule has 3 unspecified atom stereocenters. The lowest BCUT2D eigenvalue weighted by Gasteiger charge is -2.23. The lowest BCUT2D eigenvalue weighted by Crippen LogP contribution is -2.36. The number of sulfonamides is 1. The maximum absolute atomic E-state index is 13.1. The number of hydrogen-bond donors (Lipinski definition) is 1. The fraction of sp³-hybridized carbons (Fsp3) is 0.350. The molecule has 2 saturated heterocycles. The predicted molar refractivity (Wildman–Crippen MR) is 103 cm³/mol. The minimum atomic E-state index is -3.45. The molecule has 2 aromatic rings. The van der Waals surface area contributed by atoms with Gasteiger partial charge in [0.2, 0.25) is 10.0 Å². The molecule has 0 aliphatic carbocycles. The van der Waals surface area contributed by atoms with Crippen molar-refractivity contribution in [1.82, 2.24) is 9.29 Å². The van der Waals surface area contributed by atoms with Crippen molar-refractivity contribution in [2.45, 2.75) is 43.2 Å². The second-order valence-corrected chi connectivity index (χ2v) is 9.06. The van der Waals surface area contributed by atoms with Gasteiger partial charge < -0.3 is 5.73 Å². The fourth-order valence-electron chi connectivity index (χ4n) is 4.13. The molecule has 5 nitrogen and oxygen atoms in total. The molecule has 2 aliphatic rings. The zero-order chi connectivity index (χ0) is 18.3. The van der Waals surface area contributed by atoms with Crippen molar-refractivity contribution in [3.63, 3.8) is 0 Å². The van der Waals surface area contributed by atoms with Gasteiger partial charge in [-0.3, -0.25) is 4.98 Å². The van der Waals surface area contributed by atoms with E-state index in [1.807, 2.05) is 37.3 Å². The molecule has 6 heteroatoms. The van der Waals surface area contributed by atoms with E-state index in [2.05, 4.69) is 11.1 Å². The van der Waals surface area contributed by atoms with Crippen molar-refractivity contribution < 1.29 is 8.42 Å². The van der Waals surface area contributed by atoms with Gasteiger partial charge in [0, 0.05) is 12.1 Å². The Labute approximate surface area is 154 Å². The first-order chi connectivity index (χ1) is 12.4. The van der Waals surface area contributed by atoms with Crippen LogP contribution in [0.4, 0.5) is 5.69 Å². The van der Waals surface area contributed by atoms with Gasteiger partial charge in [0.15, 0.2) is 0 Å². The highest BCUT2D eigenvalue weighted by molar-refractivity contribution is 7.89. The van der Waals surface area contributed by atoms with E-state index in [-0.39, 0.29) is 18.0 Å². The number of nitrogens with zero attached hydrogens (tertiary/aromatic N) is 2. The number of fused-ring (bicyclic) bond motifs is 2. The van der Waals surface area contributed by atoms with Gasteiger partial charge in [-0.05, 0) is 62.4 Å². The molecule has 2 aliphatic heterocycles. The molecule has 4 rings (SSSR count). The van der Waals surface area contributed by atoms with E-state index < -0.39 is 10.0 Å². The van der Waals surface area contributed by atoms with Crippen LogP contribution in [0.3, 0.4) is 0 Å². The number of benzene rings is 1. The van der Waals surface area contributed by atoms with Gasteiger partial charge in [-0.1, -0.05) is 23.8 Å². The summed E-state index contributed by atoms with van der Waals surface area (Å²) in [4.78, 5) is 4.67. The molecule has 0 spiro atoms. The van der Waals surface area contributed by atoms with E-state index >= 15 is 0 Å². The number of nitrogen functional groups attached to an aromatic ring is 1. The Balaban J connectivity index is 1.56. The van der Waals surface area contributed by atoms with Gasteiger partial charge in [-0.2, -0.15) is 4.31 Å². The molecule has 3 atom stereocenters. The van der Waals surface area contributed by atoms with Crippen molar-refractivity contribution in [1.29, 1.82) is 0 Å². The third kappa shape index (κ3) is 3.04. The van der Waals surface area contributed by atoms with Gasteiger partial charge >= 0.3 is 0 Å². The van der Waals surface area contributed by atoms with Crippen molar-refractivity contribution in [3.8, 4) is 0 Å². The average Bonchev–Trinajstić information content (AvgIpc) is 3.20. The molecule has 136 valence electrons. The van der Waals surface area contributed by atoms with E-state index in [1.54, 1.807) is 22.6 Å².